The van der Waals surface area contributed by atoms with Crippen LogP contribution in [0.5, 0.6) is 11.5 Å². The van der Waals surface area contributed by atoms with Gasteiger partial charge in [-0.05, 0) is 63.6 Å². The summed E-state index contributed by atoms with van der Waals surface area (Å²) in [5.41, 5.74) is 3.12. The van der Waals surface area contributed by atoms with Gasteiger partial charge >= 0.3 is 6.09 Å². The van der Waals surface area contributed by atoms with Gasteiger partial charge in [-0.25, -0.2) is 9.78 Å². The normalized spacial score (nSPS) is 11.5. The fraction of sp³-hybridized carbons (Fsp3) is 0.208. The van der Waals surface area contributed by atoms with Gasteiger partial charge < -0.3 is 14.9 Å². The van der Waals surface area contributed by atoms with Crippen molar-refractivity contribution in [1.29, 1.82) is 0 Å². The van der Waals surface area contributed by atoms with Crippen molar-refractivity contribution in [2.24, 2.45) is 0 Å². The minimum atomic E-state index is -0.614. The van der Waals surface area contributed by atoms with Crippen LogP contribution in [0.4, 0.5) is 10.5 Å². The number of hydrogen-bond acceptors (Lipinski definition) is 6. The number of nitrogens with zero attached hydrogens (tertiary/aromatic N) is 3. The summed E-state index contributed by atoms with van der Waals surface area (Å²) in [6, 6.07) is 12.0. The van der Waals surface area contributed by atoms with Crippen LogP contribution in [-0.2, 0) is 4.74 Å². The summed E-state index contributed by atoms with van der Waals surface area (Å²) < 4.78 is 7.21. The molecule has 32 heavy (non-hydrogen) atoms. The van der Waals surface area contributed by atoms with E-state index in [1.54, 1.807) is 64.4 Å². The number of amides is 1. The first-order valence-corrected chi connectivity index (χ1v) is 10.1. The summed E-state index contributed by atoms with van der Waals surface area (Å²) in [5.74, 6) is 0.378. The third-order valence-electron chi connectivity index (χ3n) is 4.76. The molecule has 8 nitrogen and oxygen atoms in total. The summed E-state index contributed by atoms with van der Waals surface area (Å²) in [5, 5.41) is 23.2. The van der Waals surface area contributed by atoms with Gasteiger partial charge in [-0.3, -0.25) is 14.9 Å². The molecule has 0 fully saturated rings. The first-order chi connectivity index (χ1) is 15.1. The Morgan fingerprint density at radius 2 is 1.88 bits per heavy atom. The van der Waals surface area contributed by atoms with E-state index in [2.05, 4.69) is 15.3 Å². The number of carbonyl (C=O) groups is 1. The molecule has 0 aliphatic carbocycles. The van der Waals surface area contributed by atoms with Crippen molar-refractivity contribution < 1.29 is 19.7 Å². The molecular weight excluding hydrogens is 408 g/mol. The van der Waals surface area contributed by atoms with Crippen molar-refractivity contribution in [3.05, 3.63) is 60.4 Å². The number of nitrogens with one attached hydrogen (secondary N) is 1. The van der Waals surface area contributed by atoms with Crippen LogP contribution in [0.3, 0.4) is 0 Å². The lowest BCUT2D eigenvalue weighted by molar-refractivity contribution is 0.0636. The molecule has 0 aliphatic heterocycles. The molecule has 0 saturated carbocycles. The number of carbonyl (C=O) groups excluding carboxylic acids is 1. The van der Waals surface area contributed by atoms with Gasteiger partial charge in [-0.15, -0.1) is 0 Å². The van der Waals surface area contributed by atoms with Gasteiger partial charge in [0.15, 0.2) is 0 Å². The monoisotopic (exact) mass is 432 g/mol. The highest BCUT2D eigenvalue weighted by Gasteiger charge is 2.20. The first kappa shape index (κ1) is 21.2. The Morgan fingerprint density at radius 1 is 1.09 bits per heavy atom. The molecule has 2 aromatic heterocycles. The molecule has 0 aliphatic rings. The Morgan fingerprint density at radius 3 is 2.62 bits per heavy atom. The molecular formula is C24H24N4O4. The van der Waals surface area contributed by atoms with E-state index in [4.69, 9.17) is 4.74 Å². The maximum absolute atomic E-state index is 12.2. The Hall–Kier alpha value is -4.07. The third-order valence-corrected chi connectivity index (χ3v) is 4.76. The number of ether oxygens (including phenoxy) is 1. The molecule has 0 bridgehead atoms. The van der Waals surface area contributed by atoms with Crippen molar-refractivity contribution in [1.82, 2.24) is 14.5 Å². The molecule has 0 spiro atoms. The van der Waals surface area contributed by atoms with Crippen molar-refractivity contribution in [2.45, 2.75) is 33.3 Å². The van der Waals surface area contributed by atoms with Crippen LogP contribution in [0.25, 0.3) is 28.1 Å². The van der Waals surface area contributed by atoms with Crippen LogP contribution in [0.2, 0.25) is 0 Å². The summed E-state index contributed by atoms with van der Waals surface area (Å²) in [6.45, 7) is 7.14. The third kappa shape index (κ3) is 4.20. The van der Waals surface area contributed by atoms with E-state index in [1.807, 2.05) is 16.7 Å². The largest absolute Gasteiger partial charge is 0.508 e. The molecule has 4 rings (SSSR count). The van der Waals surface area contributed by atoms with Crippen LogP contribution in [-0.4, -0.2) is 36.4 Å². The van der Waals surface area contributed by atoms with Crippen LogP contribution in [0.15, 0.2) is 54.9 Å². The molecule has 0 saturated heterocycles. The number of aromatic hydroxyl groups is 2. The Labute approximate surface area is 185 Å². The van der Waals surface area contributed by atoms with Gasteiger partial charge in [-0.1, -0.05) is 6.07 Å². The maximum Gasteiger partial charge on any atom is 0.412 e. The molecule has 0 radical (unpaired) electrons. The zero-order valence-corrected chi connectivity index (χ0v) is 18.2. The summed E-state index contributed by atoms with van der Waals surface area (Å²) >= 11 is 0. The van der Waals surface area contributed by atoms with E-state index < -0.39 is 11.7 Å². The highest BCUT2D eigenvalue weighted by molar-refractivity contribution is 5.87. The average molecular weight is 432 g/mol. The lowest BCUT2D eigenvalue weighted by Gasteiger charge is -2.20. The quantitative estimate of drug-likeness (QED) is 0.413. The Balaban J connectivity index is 1.84. The van der Waals surface area contributed by atoms with E-state index in [1.165, 1.54) is 6.07 Å². The van der Waals surface area contributed by atoms with E-state index >= 15 is 0 Å². The van der Waals surface area contributed by atoms with Gasteiger partial charge in [0.1, 0.15) is 28.4 Å². The first-order valence-electron chi connectivity index (χ1n) is 10.1. The second-order valence-electron chi connectivity index (χ2n) is 8.47. The van der Waals surface area contributed by atoms with Crippen LogP contribution in [0, 0.1) is 6.92 Å². The fourth-order valence-electron chi connectivity index (χ4n) is 3.38. The standard InChI is InChI=1S/C24H24N4O4/c1-14-10-17(21(30)12-20(14)29)22-27-18-13-25-9-8-19(18)28(22)16-7-5-6-15(11-16)26-23(31)32-24(2,3)4/h5-13,29-30H,1-4H3,(H,26,31). The fourth-order valence-corrected chi connectivity index (χ4v) is 3.38. The maximum atomic E-state index is 12.2. The smallest absolute Gasteiger partial charge is 0.412 e. The Kier molecular flexibility index (Phi) is 5.22. The predicted octanol–water partition coefficient (Wildman–Crippen LogP) is 5.15. The average Bonchev–Trinajstić information content (AvgIpc) is 3.08. The number of rotatable bonds is 3. The zero-order chi connectivity index (χ0) is 23.0. The number of fused-ring (bicyclic) bond motifs is 1. The van der Waals surface area contributed by atoms with E-state index in [0.717, 1.165) is 5.52 Å². The zero-order valence-electron chi connectivity index (χ0n) is 18.2. The molecule has 3 N–H and O–H groups in total. The van der Waals surface area contributed by atoms with Crippen molar-refractivity contribution >= 4 is 22.8 Å². The van der Waals surface area contributed by atoms with Crippen molar-refractivity contribution in [2.75, 3.05) is 5.32 Å². The molecule has 2 heterocycles. The van der Waals surface area contributed by atoms with E-state index in [-0.39, 0.29) is 11.5 Å². The number of phenols is 2. The lowest BCUT2D eigenvalue weighted by atomic mass is 10.1. The predicted molar refractivity (Wildman–Crippen MR) is 122 cm³/mol. The number of imidazole rings is 1. The van der Waals surface area contributed by atoms with Crippen LogP contribution < -0.4 is 5.32 Å². The van der Waals surface area contributed by atoms with Crippen molar-refractivity contribution in [3.63, 3.8) is 0 Å². The van der Waals surface area contributed by atoms with Gasteiger partial charge in [-0.2, -0.15) is 0 Å². The number of aryl methyl sites for hydroxylation is 1. The van der Waals surface area contributed by atoms with Crippen molar-refractivity contribution in [3.8, 4) is 28.6 Å². The highest BCUT2D eigenvalue weighted by atomic mass is 16.6. The molecule has 164 valence electrons. The molecule has 8 heteroatoms. The second kappa shape index (κ2) is 7.88. The number of phenolic OH excluding ortho intramolecular Hbond substituents is 2. The number of pyridine rings is 1. The van der Waals surface area contributed by atoms with Crippen LogP contribution >= 0.6 is 0 Å². The van der Waals surface area contributed by atoms with Gasteiger partial charge in [0.2, 0.25) is 0 Å². The summed E-state index contributed by atoms with van der Waals surface area (Å²) in [6.07, 6.45) is 2.75. The summed E-state index contributed by atoms with van der Waals surface area (Å²) in [7, 11) is 0. The molecule has 1 amide bonds. The number of hydrogen-bond donors (Lipinski definition) is 3. The van der Waals surface area contributed by atoms with Crippen LogP contribution in [0.1, 0.15) is 26.3 Å². The highest BCUT2D eigenvalue weighted by Crippen LogP contribution is 2.37. The van der Waals surface area contributed by atoms with Gasteiger partial charge in [0.25, 0.3) is 0 Å². The Bertz CT molecular complexity index is 1320. The van der Waals surface area contributed by atoms with Gasteiger partial charge in [0.05, 0.1) is 17.3 Å². The number of aromatic nitrogens is 3. The summed E-state index contributed by atoms with van der Waals surface area (Å²) in [4.78, 5) is 21.0. The molecule has 4 aromatic rings. The topological polar surface area (TPSA) is 110 Å². The van der Waals surface area contributed by atoms with E-state index in [0.29, 0.717) is 33.8 Å². The van der Waals surface area contributed by atoms with Gasteiger partial charge in [0, 0.05) is 23.6 Å². The number of benzene rings is 2. The minimum absolute atomic E-state index is 0.000800. The molecule has 2 aromatic carbocycles. The lowest BCUT2D eigenvalue weighted by Crippen LogP contribution is -2.27. The second-order valence-corrected chi connectivity index (χ2v) is 8.47. The van der Waals surface area contributed by atoms with E-state index in [9.17, 15) is 15.0 Å². The molecule has 0 unspecified atom stereocenters. The number of anilines is 1. The minimum Gasteiger partial charge on any atom is -0.508 e. The molecule has 0 atom stereocenters. The SMILES string of the molecule is Cc1cc(-c2nc3cnccc3n2-c2cccc(NC(=O)OC(C)(C)C)c2)c(O)cc1O.